The zero-order valence-corrected chi connectivity index (χ0v) is 12.8. The van der Waals surface area contributed by atoms with E-state index in [9.17, 15) is 4.79 Å². The molecule has 2 rings (SSSR count). The predicted molar refractivity (Wildman–Crippen MR) is 83.3 cm³/mol. The summed E-state index contributed by atoms with van der Waals surface area (Å²) in [6, 6.07) is 3.87. The van der Waals surface area contributed by atoms with Gasteiger partial charge in [0.05, 0.1) is 5.56 Å². The number of hydrogen-bond acceptors (Lipinski definition) is 3. The second kappa shape index (κ2) is 7.10. The second-order valence-corrected chi connectivity index (χ2v) is 6.81. The fraction of sp³-hybridized carbons (Fsp3) is 0.571. The minimum Gasteiger partial charge on any atom is -0.352 e. The number of carbonyl (C=O) groups is 1. The molecule has 1 fully saturated rings. The van der Waals surface area contributed by atoms with E-state index >= 15 is 0 Å². The minimum atomic E-state index is -0.0472. The van der Waals surface area contributed by atoms with Gasteiger partial charge in [0.15, 0.2) is 0 Å². The van der Waals surface area contributed by atoms with Gasteiger partial charge in [-0.1, -0.05) is 25.6 Å². The number of carbonyl (C=O) groups excluding carboxylic acids is 1. The number of hydrogen-bond donors (Lipinski definition) is 2. The molecule has 1 aromatic heterocycles. The normalized spacial score (nSPS) is 23.0. The van der Waals surface area contributed by atoms with E-state index < -0.39 is 0 Å². The molecule has 104 valence electrons. The summed E-state index contributed by atoms with van der Waals surface area (Å²) in [6.07, 6.45) is 6.37. The topological polar surface area (TPSA) is 44.9 Å². The molecule has 0 radical (unpaired) electrons. The number of pyridine rings is 1. The van der Waals surface area contributed by atoms with E-state index in [0.29, 0.717) is 21.5 Å². The number of aromatic amines is 1. The van der Waals surface area contributed by atoms with Crippen molar-refractivity contribution >= 4 is 29.9 Å². The summed E-state index contributed by atoms with van der Waals surface area (Å²) in [4.78, 5) is 15.1. The first-order valence-corrected chi connectivity index (χ1v) is 8.26. The highest BCUT2D eigenvalue weighted by atomic mass is 32.2. The highest BCUT2D eigenvalue weighted by Crippen LogP contribution is 2.28. The SMILES string of the molecule is CCS[C@H]1CCC[C@H](NC(=O)c2ccc[nH]c2=S)C1. The Bertz CT molecular complexity index is 484. The van der Waals surface area contributed by atoms with Crippen LogP contribution in [0.1, 0.15) is 43.0 Å². The monoisotopic (exact) mass is 296 g/mol. The Morgan fingerprint density at radius 1 is 1.58 bits per heavy atom. The first-order chi connectivity index (χ1) is 9.20. The number of aromatic nitrogens is 1. The van der Waals surface area contributed by atoms with Crippen LogP contribution in [-0.4, -0.2) is 27.9 Å². The van der Waals surface area contributed by atoms with Gasteiger partial charge < -0.3 is 10.3 Å². The highest BCUT2D eigenvalue weighted by Gasteiger charge is 2.23. The third-order valence-electron chi connectivity index (χ3n) is 3.43. The van der Waals surface area contributed by atoms with Gasteiger partial charge in [-0.3, -0.25) is 4.79 Å². The van der Waals surface area contributed by atoms with E-state index in [1.54, 1.807) is 18.3 Å². The van der Waals surface area contributed by atoms with Gasteiger partial charge in [0.2, 0.25) is 0 Å². The van der Waals surface area contributed by atoms with E-state index in [-0.39, 0.29) is 5.91 Å². The van der Waals surface area contributed by atoms with Crippen LogP contribution in [0.25, 0.3) is 0 Å². The standard InChI is InChI=1S/C14H20N2OS2/c1-2-19-11-6-3-5-10(9-11)16-13(17)12-7-4-8-15-14(12)18/h4,7-8,10-11H,2-3,5-6,9H2,1H3,(H,15,18)(H,16,17)/t10-,11-/m0/s1. The molecule has 0 saturated heterocycles. The van der Waals surface area contributed by atoms with E-state index in [0.717, 1.165) is 18.6 Å². The van der Waals surface area contributed by atoms with Crippen LogP contribution in [0.2, 0.25) is 0 Å². The van der Waals surface area contributed by atoms with Crippen LogP contribution in [0.5, 0.6) is 0 Å². The molecule has 0 unspecified atom stereocenters. The molecule has 1 heterocycles. The molecular weight excluding hydrogens is 276 g/mol. The lowest BCUT2D eigenvalue weighted by Crippen LogP contribution is -2.39. The summed E-state index contributed by atoms with van der Waals surface area (Å²) in [6.45, 7) is 2.19. The fourth-order valence-corrected chi connectivity index (χ4v) is 3.93. The lowest BCUT2D eigenvalue weighted by atomic mass is 9.95. The molecule has 1 saturated carbocycles. The Morgan fingerprint density at radius 3 is 3.16 bits per heavy atom. The van der Waals surface area contributed by atoms with Crippen molar-refractivity contribution in [1.82, 2.24) is 10.3 Å². The van der Waals surface area contributed by atoms with Crippen molar-refractivity contribution in [3.8, 4) is 0 Å². The number of H-pyrrole nitrogens is 1. The fourth-order valence-electron chi connectivity index (χ4n) is 2.53. The zero-order valence-electron chi connectivity index (χ0n) is 11.1. The Labute approximate surface area is 123 Å². The summed E-state index contributed by atoms with van der Waals surface area (Å²) in [5.74, 6) is 1.10. The first kappa shape index (κ1) is 14.6. The van der Waals surface area contributed by atoms with Crippen LogP contribution in [-0.2, 0) is 0 Å². The molecule has 1 aromatic rings. The molecular formula is C14H20N2OS2. The molecule has 0 aliphatic heterocycles. The predicted octanol–water partition coefficient (Wildman–Crippen LogP) is 3.54. The van der Waals surface area contributed by atoms with Gasteiger partial charge in [-0.05, 0) is 37.1 Å². The van der Waals surface area contributed by atoms with Crippen molar-refractivity contribution in [3.05, 3.63) is 28.5 Å². The minimum absolute atomic E-state index is 0.0472. The number of rotatable bonds is 4. The zero-order chi connectivity index (χ0) is 13.7. The van der Waals surface area contributed by atoms with Crippen LogP contribution in [0.3, 0.4) is 0 Å². The number of nitrogens with one attached hydrogen (secondary N) is 2. The Kier molecular flexibility index (Phi) is 5.45. The summed E-state index contributed by atoms with van der Waals surface area (Å²) in [7, 11) is 0. The van der Waals surface area contributed by atoms with E-state index in [1.807, 2.05) is 11.8 Å². The summed E-state index contributed by atoms with van der Waals surface area (Å²) in [5, 5.41) is 3.81. The van der Waals surface area contributed by atoms with Gasteiger partial charge in [-0.15, -0.1) is 0 Å². The van der Waals surface area contributed by atoms with E-state index in [1.165, 1.54) is 12.8 Å². The largest absolute Gasteiger partial charge is 0.352 e. The molecule has 1 aliphatic carbocycles. The molecule has 5 heteroatoms. The van der Waals surface area contributed by atoms with Crippen LogP contribution in [0, 0.1) is 4.64 Å². The maximum atomic E-state index is 12.2. The first-order valence-electron chi connectivity index (χ1n) is 6.81. The lowest BCUT2D eigenvalue weighted by Gasteiger charge is -2.29. The number of amides is 1. The van der Waals surface area contributed by atoms with Crippen LogP contribution in [0.15, 0.2) is 18.3 Å². The van der Waals surface area contributed by atoms with Gasteiger partial charge in [0.1, 0.15) is 4.64 Å². The molecule has 0 aromatic carbocycles. The van der Waals surface area contributed by atoms with Crippen molar-refractivity contribution in [1.29, 1.82) is 0 Å². The van der Waals surface area contributed by atoms with Gasteiger partial charge >= 0.3 is 0 Å². The van der Waals surface area contributed by atoms with Crippen LogP contribution < -0.4 is 5.32 Å². The molecule has 0 spiro atoms. The highest BCUT2D eigenvalue weighted by molar-refractivity contribution is 7.99. The Balaban J connectivity index is 1.95. The Morgan fingerprint density at radius 2 is 2.42 bits per heavy atom. The van der Waals surface area contributed by atoms with Gasteiger partial charge in [0.25, 0.3) is 5.91 Å². The summed E-state index contributed by atoms with van der Waals surface area (Å²) < 4.78 is 0.510. The quantitative estimate of drug-likeness (QED) is 0.835. The molecule has 1 amide bonds. The maximum absolute atomic E-state index is 12.2. The van der Waals surface area contributed by atoms with E-state index in [4.69, 9.17) is 12.2 Å². The molecule has 2 atom stereocenters. The molecule has 2 N–H and O–H groups in total. The summed E-state index contributed by atoms with van der Waals surface area (Å²) >= 11 is 7.14. The van der Waals surface area contributed by atoms with E-state index in [2.05, 4.69) is 17.2 Å². The molecule has 1 aliphatic rings. The molecule has 19 heavy (non-hydrogen) atoms. The van der Waals surface area contributed by atoms with Crippen LogP contribution in [0.4, 0.5) is 0 Å². The lowest BCUT2D eigenvalue weighted by molar-refractivity contribution is 0.0927. The van der Waals surface area contributed by atoms with Crippen molar-refractivity contribution in [3.63, 3.8) is 0 Å². The third-order valence-corrected chi connectivity index (χ3v) is 5.00. The van der Waals surface area contributed by atoms with Crippen molar-refractivity contribution in [2.45, 2.75) is 43.9 Å². The molecule has 3 nitrogen and oxygen atoms in total. The average Bonchev–Trinajstić information content (AvgIpc) is 2.40. The third kappa shape index (κ3) is 4.08. The van der Waals surface area contributed by atoms with Gasteiger partial charge in [0, 0.05) is 17.5 Å². The van der Waals surface area contributed by atoms with Gasteiger partial charge in [-0.25, -0.2) is 0 Å². The number of thioether (sulfide) groups is 1. The second-order valence-electron chi connectivity index (χ2n) is 4.83. The molecule has 0 bridgehead atoms. The Hall–Kier alpha value is -0.810. The van der Waals surface area contributed by atoms with Crippen molar-refractivity contribution in [2.75, 3.05) is 5.75 Å². The van der Waals surface area contributed by atoms with Crippen LogP contribution >= 0.6 is 24.0 Å². The van der Waals surface area contributed by atoms with Gasteiger partial charge in [-0.2, -0.15) is 11.8 Å². The van der Waals surface area contributed by atoms with Crippen molar-refractivity contribution < 1.29 is 4.79 Å². The van der Waals surface area contributed by atoms with Crippen molar-refractivity contribution in [2.24, 2.45) is 0 Å². The average molecular weight is 296 g/mol. The maximum Gasteiger partial charge on any atom is 0.254 e. The smallest absolute Gasteiger partial charge is 0.254 e. The summed E-state index contributed by atoms with van der Waals surface area (Å²) in [5.41, 5.74) is 0.572.